The fourth-order valence-electron chi connectivity index (χ4n) is 2.39. The number of hydrogen-bond donors (Lipinski definition) is 1. The number of para-hydroxylation sites is 1. The second-order valence-electron chi connectivity index (χ2n) is 5.11. The topological polar surface area (TPSA) is 38.1 Å². The van der Waals surface area contributed by atoms with Crippen LogP contribution in [0.4, 0.5) is 5.69 Å². The maximum absolute atomic E-state index is 5.36. The van der Waals surface area contributed by atoms with E-state index in [0.717, 1.165) is 23.6 Å². The van der Waals surface area contributed by atoms with Gasteiger partial charge in [0.25, 0.3) is 0 Å². The molecule has 0 saturated carbocycles. The Labute approximate surface area is 124 Å². The van der Waals surface area contributed by atoms with E-state index in [9.17, 15) is 0 Å². The third kappa shape index (κ3) is 3.51. The van der Waals surface area contributed by atoms with Gasteiger partial charge in [0.15, 0.2) is 0 Å². The fraction of sp³-hybridized carbons (Fsp3) is 0.167. The number of nitrogens with zero attached hydrogens (tertiary/aromatic N) is 1. The first-order valence-electron chi connectivity index (χ1n) is 7.10. The molecule has 2 aromatic carbocycles. The Morgan fingerprint density at radius 3 is 2.29 bits per heavy atom. The summed E-state index contributed by atoms with van der Waals surface area (Å²) < 4.78 is 5.36. The van der Waals surface area contributed by atoms with Gasteiger partial charge >= 0.3 is 0 Å². The molecular weight excluding hydrogens is 260 g/mol. The number of rotatable bonds is 5. The second-order valence-corrected chi connectivity index (χ2v) is 5.11. The van der Waals surface area contributed by atoms with Crippen LogP contribution in [0.15, 0.2) is 71.3 Å². The van der Waals surface area contributed by atoms with Crippen LogP contribution < -0.4 is 5.32 Å². The summed E-state index contributed by atoms with van der Waals surface area (Å²) in [4.78, 5) is 0. The van der Waals surface area contributed by atoms with Crippen LogP contribution in [0.1, 0.15) is 23.1 Å². The van der Waals surface area contributed by atoms with Gasteiger partial charge in [0.05, 0.1) is 11.7 Å². The zero-order chi connectivity index (χ0) is 14.5. The van der Waals surface area contributed by atoms with E-state index >= 15 is 0 Å². The van der Waals surface area contributed by atoms with Crippen molar-refractivity contribution in [1.82, 2.24) is 5.16 Å². The average Bonchev–Trinajstić information content (AvgIpc) is 2.94. The summed E-state index contributed by atoms with van der Waals surface area (Å²) in [5.41, 5.74) is 3.24. The Balaban J connectivity index is 1.84. The van der Waals surface area contributed by atoms with Gasteiger partial charge in [-0.25, -0.2) is 0 Å². The fourth-order valence-corrected chi connectivity index (χ4v) is 2.39. The standard InChI is InChI=1S/C18H18N2O/c1-14-12-17(21-20-14)13-18(15-8-4-2-5-9-15)19-16-10-6-3-7-11-16/h2-12,18-19H,13H2,1H3/t18-/m1/s1. The first-order valence-corrected chi connectivity index (χ1v) is 7.10. The highest BCUT2D eigenvalue weighted by molar-refractivity contribution is 5.45. The Bertz CT molecular complexity index is 677. The molecule has 3 nitrogen and oxygen atoms in total. The Kier molecular flexibility index (Phi) is 4.01. The van der Waals surface area contributed by atoms with Crippen LogP contribution in [0.2, 0.25) is 0 Å². The summed E-state index contributed by atoms with van der Waals surface area (Å²) in [5, 5.41) is 7.53. The smallest absolute Gasteiger partial charge is 0.139 e. The number of hydrogen-bond acceptors (Lipinski definition) is 3. The van der Waals surface area contributed by atoms with Crippen molar-refractivity contribution in [1.29, 1.82) is 0 Å². The van der Waals surface area contributed by atoms with Crippen molar-refractivity contribution in [3.8, 4) is 0 Å². The van der Waals surface area contributed by atoms with Crippen molar-refractivity contribution in [2.45, 2.75) is 19.4 Å². The first kappa shape index (κ1) is 13.4. The van der Waals surface area contributed by atoms with Crippen molar-refractivity contribution in [2.75, 3.05) is 5.32 Å². The Morgan fingerprint density at radius 1 is 1.00 bits per heavy atom. The van der Waals surface area contributed by atoms with Crippen LogP contribution in [0.25, 0.3) is 0 Å². The molecule has 1 atom stereocenters. The number of nitrogens with one attached hydrogen (secondary N) is 1. The molecule has 1 N–H and O–H groups in total. The van der Waals surface area contributed by atoms with Crippen molar-refractivity contribution in [2.24, 2.45) is 0 Å². The van der Waals surface area contributed by atoms with Crippen molar-refractivity contribution in [3.63, 3.8) is 0 Å². The third-order valence-electron chi connectivity index (χ3n) is 3.40. The van der Waals surface area contributed by atoms with Gasteiger partial charge in [-0.1, -0.05) is 53.7 Å². The molecule has 0 spiro atoms. The lowest BCUT2D eigenvalue weighted by Crippen LogP contribution is -2.13. The van der Waals surface area contributed by atoms with Gasteiger partial charge in [0, 0.05) is 18.2 Å². The quantitative estimate of drug-likeness (QED) is 0.752. The molecule has 1 aromatic heterocycles. The lowest BCUT2D eigenvalue weighted by atomic mass is 10.0. The molecule has 0 radical (unpaired) electrons. The summed E-state index contributed by atoms with van der Waals surface area (Å²) >= 11 is 0. The Hall–Kier alpha value is -2.55. The van der Waals surface area contributed by atoms with E-state index < -0.39 is 0 Å². The van der Waals surface area contributed by atoms with Crippen LogP contribution in [0.3, 0.4) is 0 Å². The van der Waals surface area contributed by atoms with Gasteiger partial charge in [-0.05, 0) is 24.6 Å². The molecule has 0 bridgehead atoms. The molecule has 3 rings (SSSR count). The van der Waals surface area contributed by atoms with Crippen LogP contribution >= 0.6 is 0 Å². The number of aromatic nitrogens is 1. The summed E-state index contributed by atoms with van der Waals surface area (Å²) in [6.45, 7) is 1.94. The van der Waals surface area contributed by atoms with Crippen LogP contribution in [0.5, 0.6) is 0 Å². The van der Waals surface area contributed by atoms with Crippen molar-refractivity contribution >= 4 is 5.69 Å². The second kappa shape index (κ2) is 6.27. The van der Waals surface area contributed by atoms with E-state index in [-0.39, 0.29) is 6.04 Å². The van der Waals surface area contributed by atoms with E-state index in [1.165, 1.54) is 5.56 Å². The van der Waals surface area contributed by atoms with Crippen LogP contribution in [0, 0.1) is 6.92 Å². The largest absolute Gasteiger partial charge is 0.378 e. The predicted molar refractivity (Wildman–Crippen MR) is 84.2 cm³/mol. The molecule has 0 aliphatic rings. The van der Waals surface area contributed by atoms with Gasteiger partial charge in [-0.3, -0.25) is 0 Å². The van der Waals surface area contributed by atoms with Gasteiger partial charge in [0.2, 0.25) is 0 Å². The number of aryl methyl sites for hydroxylation is 1. The molecule has 3 heteroatoms. The minimum absolute atomic E-state index is 0.154. The molecular formula is C18H18N2O. The third-order valence-corrected chi connectivity index (χ3v) is 3.40. The maximum atomic E-state index is 5.36. The highest BCUT2D eigenvalue weighted by atomic mass is 16.5. The first-order chi connectivity index (χ1) is 10.3. The van der Waals surface area contributed by atoms with Gasteiger partial charge in [-0.2, -0.15) is 0 Å². The molecule has 0 fully saturated rings. The van der Waals surface area contributed by atoms with Crippen molar-refractivity contribution in [3.05, 3.63) is 83.7 Å². The molecule has 0 aliphatic heterocycles. The SMILES string of the molecule is Cc1cc(C[C@@H](Nc2ccccc2)c2ccccc2)on1. The minimum Gasteiger partial charge on any atom is -0.378 e. The lowest BCUT2D eigenvalue weighted by Gasteiger charge is -2.19. The van der Waals surface area contributed by atoms with Gasteiger partial charge < -0.3 is 9.84 Å². The Morgan fingerprint density at radius 2 is 1.67 bits per heavy atom. The van der Waals surface area contributed by atoms with E-state index in [4.69, 9.17) is 4.52 Å². The number of anilines is 1. The molecule has 3 aromatic rings. The van der Waals surface area contributed by atoms with Crippen LogP contribution in [-0.4, -0.2) is 5.16 Å². The predicted octanol–water partition coefficient (Wildman–Crippen LogP) is 4.38. The van der Waals surface area contributed by atoms with Crippen molar-refractivity contribution < 1.29 is 4.52 Å². The molecule has 0 saturated heterocycles. The van der Waals surface area contributed by atoms with E-state index in [0.29, 0.717) is 0 Å². The molecule has 0 aliphatic carbocycles. The number of benzene rings is 2. The minimum atomic E-state index is 0.154. The van der Waals surface area contributed by atoms with E-state index in [1.54, 1.807) is 0 Å². The summed E-state index contributed by atoms with van der Waals surface area (Å²) in [6, 6.07) is 22.8. The highest BCUT2D eigenvalue weighted by Gasteiger charge is 2.14. The van der Waals surface area contributed by atoms with Gasteiger partial charge in [-0.15, -0.1) is 0 Å². The summed E-state index contributed by atoms with van der Waals surface area (Å²) in [6.07, 6.45) is 0.764. The zero-order valence-corrected chi connectivity index (χ0v) is 12.0. The van der Waals surface area contributed by atoms with Gasteiger partial charge in [0.1, 0.15) is 5.76 Å². The zero-order valence-electron chi connectivity index (χ0n) is 12.0. The lowest BCUT2D eigenvalue weighted by molar-refractivity contribution is 0.374. The maximum Gasteiger partial charge on any atom is 0.139 e. The summed E-state index contributed by atoms with van der Waals surface area (Å²) in [7, 11) is 0. The highest BCUT2D eigenvalue weighted by Crippen LogP contribution is 2.23. The molecule has 106 valence electrons. The monoisotopic (exact) mass is 278 g/mol. The molecule has 0 amide bonds. The average molecular weight is 278 g/mol. The summed E-state index contributed by atoms with van der Waals surface area (Å²) in [5.74, 6) is 0.893. The van der Waals surface area contributed by atoms with E-state index in [1.807, 2.05) is 37.3 Å². The van der Waals surface area contributed by atoms with Crippen LogP contribution in [-0.2, 0) is 6.42 Å². The van der Waals surface area contributed by atoms with E-state index in [2.05, 4.69) is 46.9 Å². The molecule has 21 heavy (non-hydrogen) atoms. The molecule has 0 unspecified atom stereocenters. The molecule has 1 heterocycles. The normalized spacial score (nSPS) is 12.0.